The molecule has 0 atom stereocenters. The molecular weight excluding hydrogens is 379 g/mol. The fraction of sp³-hybridized carbons (Fsp3) is 0.222. The maximum absolute atomic E-state index is 12.4. The van der Waals surface area contributed by atoms with Crippen LogP contribution in [0.4, 0.5) is 0 Å². The lowest BCUT2D eigenvalue weighted by molar-refractivity contribution is -0.122. The SMILES string of the molecule is CC(C)(NC(=O)Cc1csc(-c2ccco2)n1)c1ccc(Cl)c(Cl)c1. The molecule has 0 spiro atoms. The van der Waals surface area contributed by atoms with E-state index in [1.807, 2.05) is 37.4 Å². The number of rotatable bonds is 5. The first-order valence-electron chi connectivity index (χ1n) is 7.60. The van der Waals surface area contributed by atoms with Crippen LogP contribution in [0.5, 0.6) is 0 Å². The van der Waals surface area contributed by atoms with E-state index >= 15 is 0 Å². The van der Waals surface area contributed by atoms with Gasteiger partial charge in [-0.05, 0) is 43.7 Å². The van der Waals surface area contributed by atoms with Gasteiger partial charge in [0.15, 0.2) is 10.8 Å². The predicted molar refractivity (Wildman–Crippen MR) is 101 cm³/mol. The molecule has 7 heteroatoms. The predicted octanol–water partition coefficient (Wildman–Crippen LogP) is 5.30. The van der Waals surface area contributed by atoms with Crippen molar-refractivity contribution in [3.05, 3.63) is 63.3 Å². The van der Waals surface area contributed by atoms with Crippen LogP contribution in [0.15, 0.2) is 46.4 Å². The Kier molecular flexibility index (Phi) is 5.18. The minimum Gasteiger partial charge on any atom is -0.462 e. The fourth-order valence-corrected chi connectivity index (χ4v) is 3.50. The van der Waals surface area contributed by atoms with Crippen LogP contribution in [-0.2, 0) is 16.8 Å². The lowest BCUT2D eigenvalue weighted by Gasteiger charge is -2.27. The van der Waals surface area contributed by atoms with Gasteiger partial charge in [0.2, 0.25) is 5.91 Å². The monoisotopic (exact) mass is 394 g/mol. The second-order valence-electron chi connectivity index (χ2n) is 6.10. The number of nitrogens with one attached hydrogen (secondary N) is 1. The summed E-state index contributed by atoms with van der Waals surface area (Å²) in [5.74, 6) is 0.583. The first-order valence-corrected chi connectivity index (χ1v) is 9.23. The van der Waals surface area contributed by atoms with Crippen LogP contribution in [0, 0.1) is 0 Å². The third kappa shape index (κ3) is 4.24. The van der Waals surface area contributed by atoms with E-state index in [2.05, 4.69) is 10.3 Å². The van der Waals surface area contributed by atoms with Gasteiger partial charge in [0, 0.05) is 5.38 Å². The average Bonchev–Trinajstić information content (AvgIpc) is 3.20. The topological polar surface area (TPSA) is 55.1 Å². The Balaban J connectivity index is 1.68. The highest BCUT2D eigenvalue weighted by atomic mass is 35.5. The molecule has 0 unspecified atom stereocenters. The molecule has 0 fully saturated rings. The van der Waals surface area contributed by atoms with E-state index in [-0.39, 0.29) is 12.3 Å². The number of carbonyl (C=O) groups is 1. The molecule has 130 valence electrons. The number of furan rings is 1. The molecule has 0 aliphatic heterocycles. The summed E-state index contributed by atoms with van der Waals surface area (Å²) in [5, 5.41) is 6.59. The normalized spacial score (nSPS) is 11.5. The highest BCUT2D eigenvalue weighted by Gasteiger charge is 2.24. The quantitative estimate of drug-likeness (QED) is 0.638. The standard InChI is InChI=1S/C18H16Cl2N2O2S/c1-18(2,11-5-6-13(19)14(20)8-11)22-16(23)9-12-10-25-17(21-12)15-4-3-7-24-15/h3-8,10H,9H2,1-2H3,(H,22,23). The molecule has 0 bridgehead atoms. The summed E-state index contributed by atoms with van der Waals surface area (Å²) in [4.78, 5) is 16.9. The van der Waals surface area contributed by atoms with Gasteiger partial charge in [-0.3, -0.25) is 4.79 Å². The molecule has 4 nitrogen and oxygen atoms in total. The fourth-order valence-electron chi connectivity index (χ4n) is 2.42. The molecule has 1 amide bonds. The Bertz CT molecular complexity index is 888. The first kappa shape index (κ1) is 18.0. The Morgan fingerprint density at radius 1 is 1.28 bits per heavy atom. The summed E-state index contributed by atoms with van der Waals surface area (Å²) in [6, 6.07) is 9.00. The number of halogens is 2. The van der Waals surface area contributed by atoms with Crippen molar-refractivity contribution in [3.8, 4) is 10.8 Å². The summed E-state index contributed by atoms with van der Waals surface area (Å²) in [6.45, 7) is 3.83. The second kappa shape index (κ2) is 7.20. The van der Waals surface area contributed by atoms with Crippen molar-refractivity contribution >= 4 is 40.4 Å². The van der Waals surface area contributed by atoms with Gasteiger partial charge >= 0.3 is 0 Å². The van der Waals surface area contributed by atoms with E-state index < -0.39 is 5.54 Å². The number of amides is 1. The molecule has 0 radical (unpaired) electrons. The molecule has 1 N–H and O–H groups in total. The molecule has 2 aromatic heterocycles. The van der Waals surface area contributed by atoms with Crippen molar-refractivity contribution in [1.82, 2.24) is 10.3 Å². The summed E-state index contributed by atoms with van der Waals surface area (Å²) in [6.07, 6.45) is 1.80. The van der Waals surface area contributed by atoms with Crippen LogP contribution in [0.25, 0.3) is 10.8 Å². The molecular formula is C18H16Cl2N2O2S. The van der Waals surface area contributed by atoms with Gasteiger partial charge in [-0.1, -0.05) is 29.3 Å². The van der Waals surface area contributed by atoms with Crippen LogP contribution in [-0.4, -0.2) is 10.9 Å². The highest BCUT2D eigenvalue weighted by molar-refractivity contribution is 7.13. The third-order valence-corrected chi connectivity index (χ3v) is 5.36. The van der Waals surface area contributed by atoms with Gasteiger partial charge in [0.1, 0.15) is 0 Å². The molecule has 0 saturated carbocycles. The van der Waals surface area contributed by atoms with Gasteiger partial charge in [-0.2, -0.15) is 0 Å². The Morgan fingerprint density at radius 2 is 2.08 bits per heavy atom. The zero-order valence-electron chi connectivity index (χ0n) is 13.7. The van der Waals surface area contributed by atoms with E-state index in [1.54, 1.807) is 18.4 Å². The summed E-state index contributed by atoms with van der Waals surface area (Å²) >= 11 is 13.5. The van der Waals surface area contributed by atoms with Gasteiger partial charge in [0.05, 0.1) is 34.0 Å². The van der Waals surface area contributed by atoms with Gasteiger partial charge in [0.25, 0.3) is 0 Å². The highest BCUT2D eigenvalue weighted by Crippen LogP contribution is 2.29. The lowest BCUT2D eigenvalue weighted by atomic mass is 9.94. The number of benzene rings is 1. The zero-order chi connectivity index (χ0) is 18.0. The van der Waals surface area contributed by atoms with Crippen molar-refractivity contribution in [2.24, 2.45) is 0 Å². The summed E-state index contributed by atoms with van der Waals surface area (Å²) in [7, 11) is 0. The van der Waals surface area contributed by atoms with E-state index in [0.717, 1.165) is 10.6 Å². The molecule has 0 aliphatic carbocycles. The van der Waals surface area contributed by atoms with E-state index in [0.29, 0.717) is 21.5 Å². The van der Waals surface area contributed by atoms with Crippen LogP contribution in [0.3, 0.4) is 0 Å². The minimum atomic E-state index is -0.578. The van der Waals surface area contributed by atoms with Crippen LogP contribution in [0.1, 0.15) is 25.1 Å². The number of nitrogens with zero attached hydrogens (tertiary/aromatic N) is 1. The Morgan fingerprint density at radius 3 is 2.76 bits per heavy atom. The van der Waals surface area contributed by atoms with E-state index in [1.165, 1.54) is 11.3 Å². The van der Waals surface area contributed by atoms with E-state index in [9.17, 15) is 4.79 Å². The van der Waals surface area contributed by atoms with Gasteiger partial charge in [-0.15, -0.1) is 11.3 Å². The van der Waals surface area contributed by atoms with Crippen molar-refractivity contribution in [3.63, 3.8) is 0 Å². The van der Waals surface area contributed by atoms with Crippen molar-refractivity contribution in [1.29, 1.82) is 0 Å². The maximum Gasteiger partial charge on any atom is 0.226 e. The summed E-state index contributed by atoms with van der Waals surface area (Å²) in [5.41, 5.74) is 1.01. The number of carbonyl (C=O) groups excluding carboxylic acids is 1. The van der Waals surface area contributed by atoms with Crippen molar-refractivity contribution in [2.45, 2.75) is 25.8 Å². The molecule has 3 rings (SSSR count). The molecule has 3 aromatic rings. The maximum atomic E-state index is 12.4. The molecule has 0 saturated heterocycles. The molecule has 25 heavy (non-hydrogen) atoms. The molecule has 1 aromatic carbocycles. The van der Waals surface area contributed by atoms with Gasteiger partial charge < -0.3 is 9.73 Å². The first-order chi connectivity index (χ1) is 11.8. The lowest BCUT2D eigenvalue weighted by Crippen LogP contribution is -2.41. The van der Waals surface area contributed by atoms with Crippen LogP contribution < -0.4 is 5.32 Å². The smallest absolute Gasteiger partial charge is 0.226 e. The largest absolute Gasteiger partial charge is 0.462 e. The number of aromatic nitrogens is 1. The number of hydrogen-bond donors (Lipinski definition) is 1. The zero-order valence-corrected chi connectivity index (χ0v) is 16.0. The number of thiazole rings is 1. The summed E-state index contributed by atoms with van der Waals surface area (Å²) < 4.78 is 5.32. The average molecular weight is 395 g/mol. The second-order valence-corrected chi connectivity index (χ2v) is 7.77. The van der Waals surface area contributed by atoms with Crippen molar-refractivity contribution < 1.29 is 9.21 Å². The van der Waals surface area contributed by atoms with Crippen molar-refractivity contribution in [2.75, 3.05) is 0 Å². The van der Waals surface area contributed by atoms with Crippen LogP contribution in [0.2, 0.25) is 10.0 Å². The van der Waals surface area contributed by atoms with E-state index in [4.69, 9.17) is 27.6 Å². The minimum absolute atomic E-state index is 0.118. The third-order valence-electron chi connectivity index (χ3n) is 3.72. The Hall–Kier alpha value is -1.82. The Labute approximate surface area is 159 Å². The molecule has 0 aliphatic rings. The van der Waals surface area contributed by atoms with Gasteiger partial charge in [-0.25, -0.2) is 4.98 Å². The van der Waals surface area contributed by atoms with Crippen LogP contribution >= 0.6 is 34.5 Å². The number of hydrogen-bond acceptors (Lipinski definition) is 4. The molecule has 2 heterocycles.